The average molecular weight is 510 g/mol. The van der Waals surface area contributed by atoms with Crippen LogP contribution >= 0.6 is 0 Å². The Kier molecular flexibility index (Phi) is 5.95. The van der Waals surface area contributed by atoms with Crippen LogP contribution < -0.4 is 4.90 Å². The van der Waals surface area contributed by atoms with E-state index in [4.69, 9.17) is 9.47 Å². The number of amides is 2. The Labute approximate surface area is 210 Å². The van der Waals surface area contributed by atoms with Crippen LogP contribution in [0, 0.1) is 6.92 Å². The van der Waals surface area contributed by atoms with E-state index in [9.17, 15) is 22.8 Å². The van der Waals surface area contributed by atoms with Crippen LogP contribution in [-0.4, -0.2) is 39.1 Å². The molecule has 0 aromatic heterocycles. The number of methoxy groups -OCH3 is 1. The Balaban J connectivity index is 2.04. The van der Waals surface area contributed by atoms with Crippen LogP contribution in [0.15, 0.2) is 75.6 Å². The summed E-state index contributed by atoms with van der Waals surface area (Å²) in [6.07, 6.45) is 0.261. The van der Waals surface area contributed by atoms with Crippen molar-refractivity contribution in [3.63, 3.8) is 0 Å². The number of fused-ring (bicyclic) bond motifs is 2. The largest absolute Gasteiger partial charge is 0.466 e. The molecule has 2 amide bonds. The van der Waals surface area contributed by atoms with Gasteiger partial charge in [-0.25, -0.2) is 22.9 Å². The molecule has 36 heavy (non-hydrogen) atoms. The average Bonchev–Trinajstić information content (AvgIpc) is 3.26. The van der Waals surface area contributed by atoms with Gasteiger partial charge in [-0.1, -0.05) is 35.9 Å². The maximum absolute atomic E-state index is 14.2. The Morgan fingerprint density at radius 3 is 2.22 bits per heavy atom. The van der Waals surface area contributed by atoms with E-state index in [1.165, 1.54) is 25.1 Å². The molecule has 0 saturated carbocycles. The first-order chi connectivity index (χ1) is 16.8. The molecule has 0 unspecified atom stereocenters. The Morgan fingerprint density at radius 1 is 1.00 bits per heavy atom. The molecule has 8 nitrogen and oxygen atoms in total. The van der Waals surface area contributed by atoms with Crippen molar-refractivity contribution in [2.45, 2.75) is 50.5 Å². The number of imide groups is 1. The standard InChI is InChI=1S/C27H27NO7S/c1-16-12-13-21-19(14-16)27(24(30)28(21)25(31)35-26(3,4)5)17(2)22(15-20(27)23(29)34-6)36(32,33)18-10-8-7-9-11-18/h7-15H,1-6H3/t27-/m1/s1. The van der Waals surface area contributed by atoms with Crippen LogP contribution in [0.4, 0.5) is 10.5 Å². The number of anilines is 1. The van der Waals surface area contributed by atoms with Crippen molar-refractivity contribution in [1.82, 2.24) is 0 Å². The highest BCUT2D eigenvalue weighted by Crippen LogP contribution is 2.56. The van der Waals surface area contributed by atoms with Gasteiger partial charge in [0.05, 0.1) is 28.2 Å². The molecule has 0 radical (unpaired) electrons. The number of ether oxygens (including phenoxy) is 2. The maximum Gasteiger partial charge on any atom is 0.421 e. The first-order valence-electron chi connectivity index (χ1n) is 11.3. The highest BCUT2D eigenvalue weighted by Gasteiger charge is 2.62. The summed E-state index contributed by atoms with van der Waals surface area (Å²) in [5.41, 5.74) is -1.57. The van der Waals surface area contributed by atoms with Gasteiger partial charge in [0.25, 0.3) is 5.91 Å². The summed E-state index contributed by atoms with van der Waals surface area (Å²) >= 11 is 0. The molecule has 0 N–H and O–H groups in total. The molecule has 1 atom stereocenters. The third kappa shape index (κ3) is 3.65. The fourth-order valence-electron chi connectivity index (χ4n) is 4.71. The number of nitrogens with zero attached hydrogens (tertiary/aromatic N) is 1. The zero-order valence-electron chi connectivity index (χ0n) is 20.9. The zero-order chi connectivity index (χ0) is 26.6. The molecule has 1 aliphatic carbocycles. The lowest BCUT2D eigenvalue weighted by Crippen LogP contribution is -2.47. The number of hydrogen-bond donors (Lipinski definition) is 0. The van der Waals surface area contributed by atoms with Crippen molar-refractivity contribution in [3.05, 3.63) is 81.8 Å². The molecule has 0 fully saturated rings. The molecule has 1 spiro atoms. The smallest absolute Gasteiger partial charge is 0.421 e. The van der Waals surface area contributed by atoms with Gasteiger partial charge in [0.1, 0.15) is 11.0 Å². The second-order valence-electron chi connectivity index (χ2n) is 9.75. The number of aryl methyl sites for hydroxylation is 1. The molecule has 0 saturated heterocycles. The van der Waals surface area contributed by atoms with E-state index in [1.807, 2.05) is 0 Å². The minimum absolute atomic E-state index is 0.00998. The summed E-state index contributed by atoms with van der Waals surface area (Å²) < 4.78 is 37.8. The van der Waals surface area contributed by atoms with Crippen molar-refractivity contribution < 1.29 is 32.3 Å². The van der Waals surface area contributed by atoms with Crippen molar-refractivity contribution in [1.29, 1.82) is 0 Å². The lowest BCUT2D eigenvalue weighted by Gasteiger charge is -2.29. The van der Waals surface area contributed by atoms with E-state index in [-0.39, 0.29) is 26.6 Å². The fraction of sp³-hybridized carbons (Fsp3) is 0.296. The minimum atomic E-state index is -4.12. The Hall–Kier alpha value is -3.72. The van der Waals surface area contributed by atoms with Crippen molar-refractivity contribution in [2.75, 3.05) is 12.0 Å². The quantitative estimate of drug-likeness (QED) is 0.565. The number of allylic oxidation sites excluding steroid dienone is 1. The van der Waals surface area contributed by atoms with E-state index < -0.39 is 38.8 Å². The van der Waals surface area contributed by atoms with E-state index in [0.717, 1.165) is 17.6 Å². The van der Waals surface area contributed by atoms with Gasteiger partial charge in [-0.15, -0.1) is 0 Å². The summed E-state index contributed by atoms with van der Waals surface area (Å²) in [5, 5.41) is 0. The van der Waals surface area contributed by atoms with Gasteiger partial charge in [0, 0.05) is 5.56 Å². The second-order valence-corrected chi connectivity index (χ2v) is 11.7. The molecular weight excluding hydrogens is 482 g/mol. The summed E-state index contributed by atoms with van der Waals surface area (Å²) in [6, 6.07) is 12.7. The second kappa shape index (κ2) is 8.44. The Bertz CT molecular complexity index is 1460. The number of esters is 1. The predicted octanol–water partition coefficient (Wildman–Crippen LogP) is 4.38. The topological polar surface area (TPSA) is 107 Å². The van der Waals surface area contributed by atoms with Gasteiger partial charge < -0.3 is 9.47 Å². The van der Waals surface area contributed by atoms with Gasteiger partial charge in [0.2, 0.25) is 9.84 Å². The number of rotatable bonds is 3. The first kappa shape index (κ1) is 25.4. The fourth-order valence-corrected chi connectivity index (χ4v) is 6.31. The lowest BCUT2D eigenvalue weighted by atomic mass is 9.72. The van der Waals surface area contributed by atoms with Crippen molar-refractivity contribution in [2.24, 2.45) is 0 Å². The van der Waals surface area contributed by atoms with Crippen LogP contribution in [0.5, 0.6) is 0 Å². The van der Waals surface area contributed by atoms with Gasteiger partial charge in [-0.05, 0) is 64.5 Å². The minimum Gasteiger partial charge on any atom is -0.466 e. The molecule has 2 aromatic rings. The monoisotopic (exact) mass is 509 g/mol. The summed E-state index contributed by atoms with van der Waals surface area (Å²) in [6.45, 7) is 8.30. The third-order valence-corrected chi connectivity index (χ3v) is 8.15. The number of carbonyl (C=O) groups is 3. The van der Waals surface area contributed by atoms with E-state index in [2.05, 4.69) is 0 Å². The number of sulfone groups is 1. The Morgan fingerprint density at radius 2 is 1.64 bits per heavy atom. The van der Waals surface area contributed by atoms with E-state index >= 15 is 0 Å². The number of benzene rings is 2. The van der Waals surface area contributed by atoms with E-state index in [1.54, 1.807) is 64.1 Å². The van der Waals surface area contributed by atoms with Gasteiger partial charge >= 0.3 is 12.1 Å². The molecule has 2 aliphatic rings. The highest BCUT2D eigenvalue weighted by molar-refractivity contribution is 7.95. The molecule has 188 valence electrons. The normalized spacial score (nSPS) is 19.4. The summed E-state index contributed by atoms with van der Waals surface area (Å²) in [4.78, 5) is 41.2. The predicted molar refractivity (Wildman–Crippen MR) is 133 cm³/mol. The molecule has 0 bridgehead atoms. The highest BCUT2D eigenvalue weighted by atomic mass is 32.2. The van der Waals surface area contributed by atoms with Gasteiger partial charge in [-0.3, -0.25) is 4.79 Å². The molecule has 9 heteroatoms. The van der Waals surface area contributed by atoms with Gasteiger partial charge in [0.15, 0.2) is 0 Å². The van der Waals surface area contributed by atoms with Crippen LogP contribution in [0.3, 0.4) is 0 Å². The SMILES string of the molecule is COC(=O)C1=CC(S(=O)(=O)c2ccccc2)=C(C)[C@]12C(=O)N(C(=O)OC(C)(C)C)c1ccc(C)cc12. The summed E-state index contributed by atoms with van der Waals surface area (Å²) in [7, 11) is -2.97. The third-order valence-electron chi connectivity index (χ3n) is 6.26. The van der Waals surface area contributed by atoms with Crippen LogP contribution in [-0.2, 0) is 34.3 Å². The van der Waals surface area contributed by atoms with Crippen LogP contribution in [0.1, 0.15) is 38.8 Å². The first-order valence-corrected chi connectivity index (χ1v) is 12.8. The van der Waals surface area contributed by atoms with Crippen LogP contribution in [0.25, 0.3) is 0 Å². The van der Waals surface area contributed by atoms with Gasteiger partial charge in [-0.2, -0.15) is 0 Å². The molecule has 1 aliphatic heterocycles. The zero-order valence-corrected chi connectivity index (χ0v) is 21.7. The lowest BCUT2D eigenvalue weighted by molar-refractivity contribution is -0.138. The number of carbonyl (C=O) groups excluding carboxylic acids is 3. The molecular formula is C27H27NO7S. The van der Waals surface area contributed by atoms with Crippen molar-refractivity contribution >= 4 is 33.5 Å². The molecule has 4 rings (SSSR count). The van der Waals surface area contributed by atoms with Crippen molar-refractivity contribution in [3.8, 4) is 0 Å². The molecule has 2 aromatic carbocycles. The number of hydrogen-bond acceptors (Lipinski definition) is 7. The van der Waals surface area contributed by atoms with Crippen LogP contribution in [0.2, 0.25) is 0 Å². The maximum atomic E-state index is 14.2. The molecule has 1 heterocycles. The summed E-state index contributed by atoms with van der Waals surface area (Å²) in [5.74, 6) is -1.68. The van der Waals surface area contributed by atoms with E-state index in [0.29, 0.717) is 5.56 Å².